The van der Waals surface area contributed by atoms with Crippen molar-refractivity contribution in [2.75, 3.05) is 24.0 Å². The van der Waals surface area contributed by atoms with Crippen LogP contribution in [0.1, 0.15) is 31.9 Å². The van der Waals surface area contributed by atoms with Crippen LogP contribution in [0.4, 0.5) is 10.1 Å². The van der Waals surface area contributed by atoms with Gasteiger partial charge in [-0.3, -0.25) is 13.9 Å². The molecular weight excluding hydrogens is 605 g/mol. The second kappa shape index (κ2) is 16.0. The zero-order chi connectivity index (χ0) is 33.1. The zero-order valence-corrected chi connectivity index (χ0v) is 27.1. The second-order valence-corrected chi connectivity index (χ2v) is 13.1. The molecule has 4 rings (SSSR count). The normalized spacial score (nSPS) is 11.9. The molecule has 0 aromatic heterocycles. The van der Waals surface area contributed by atoms with E-state index in [1.54, 1.807) is 54.6 Å². The number of sulfonamides is 1. The van der Waals surface area contributed by atoms with Crippen LogP contribution >= 0.6 is 0 Å². The molecule has 2 amide bonds. The first-order valence-electron chi connectivity index (χ1n) is 15.2. The summed E-state index contributed by atoms with van der Waals surface area (Å²) in [5, 5.41) is 2.95. The van der Waals surface area contributed by atoms with Gasteiger partial charge in [0, 0.05) is 19.5 Å². The topological polar surface area (TPSA) is 96.0 Å². The monoisotopic (exact) mass is 645 g/mol. The quantitative estimate of drug-likeness (QED) is 0.176. The Kier molecular flexibility index (Phi) is 11.9. The van der Waals surface area contributed by atoms with Crippen LogP contribution in [0.3, 0.4) is 0 Å². The van der Waals surface area contributed by atoms with Crippen LogP contribution in [-0.4, -0.2) is 50.9 Å². The van der Waals surface area contributed by atoms with Gasteiger partial charge in [0.25, 0.3) is 10.0 Å². The van der Waals surface area contributed by atoms with Crippen molar-refractivity contribution in [3.8, 4) is 5.75 Å². The lowest BCUT2D eigenvalue weighted by Gasteiger charge is -2.34. The van der Waals surface area contributed by atoms with E-state index in [1.807, 2.05) is 51.1 Å². The summed E-state index contributed by atoms with van der Waals surface area (Å²) < 4.78 is 48.6. The highest BCUT2D eigenvalue weighted by Gasteiger charge is 2.34. The summed E-state index contributed by atoms with van der Waals surface area (Å²) >= 11 is 0. The van der Waals surface area contributed by atoms with Crippen LogP contribution in [0.25, 0.3) is 0 Å². The molecule has 4 aromatic rings. The molecule has 0 spiro atoms. The highest BCUT2D eigenvalue weighted by Crippen LogP contribution is 2.27. The number of benzene rings is 4. The van der Waals surface area contributed by atoms with Gasteiger partial charge in [-0.1, -0.05) is 74.5 Å². The maximum Gasteiger partial charge on any atom is 0.264 e. The van der Waals surface area contributed by atoms with Crippen LogP contribution < -0.4 is 14.4 Å². The van der Waals surface area contributed by atoms with E-state index in [-0.39, 0.29) is 35.4 Å². The van der Waals surface area contributed by atoms with Crippen LogP contribution in [0.15, 0.2) is 114 Å². The number of nitrogens with zero attached hydrogens (tertiary/aromatic N) is 2. The van der Waals surface area contributed by atoms with Gasteiger partial charge in [0.2, 0.25) is 11.8 Å². The van der Waals surface area contributed by atoms with Crippen molar-refractivity contribution in [2.45, 2.75) is 44.7 Å². The zero-order valence-electron chi connectivity index (χ0n) is 26.3. The van der Waals surface area contributed by atoms with Crippen molar-refractivity contribution in [3.63, 3.8) is 0 Å². The van der Waals surface area contributed by atoms with E-state index < -0.39 is 34.3 Å². The molecule has 0 aliphatic heterocycles. The Bertz CT molecular complexity index is 1670. The second-order valence-electron chi connectivity index (χ2n) is 11.2. The molecule has 0 fully saturated rings. The first-order valence-corrected chi connectivity index (χ1v) is 16.7. The molecule has 8 nitrogen and oxygen atoms in total. The number of halogens is 1. The molecule has 0 aliphatic carbocycles. The molecule has 1 N–H and O–H groups in total. The van der Waals surface area contributed by atoms with E-state index in [4.69, 9.17) is 4.74 Å². The molecule has 4 aromatic carbocycles. The lowest BCUT2D eigenvalue weighted by Crippen LogP contribution is -2.53. The molecule has 0 radical (unpaired) electrons. The van der Waals surface area contributed by atoms with Crippen LogP contribution in [0.5, 0.6) is 5.75 Å². The van der Waals surface area contributed by atoms with Gasteiger partial charge in [-0.15, -0.1) is 0 Å². The van der Waals surface area contributed by atoms with E-state index in [1.165, 1.54) is 29.2 Å². The maximum atomic E-state index is 14.5. The van der Waals surface area contributed by atoms with Gasteiger partial charge in [-0.2, -0.15) is 0 Å². The summed E-state index contributed by atoms with van der Waals surface area (Å²) in [6.07, 6.45) is 0.187. The average Bonchev–Trinajstić information content (AvgIpc) is 3.06. The molecule has 0 saturated heterocycles. The van der Waals surface area contributed by atoms with Crippen molar-refractivity contribution < 1.29 is 27.1 Å². The van der Waals surface area contributed by atoms with Crippen molar-refractivity contribution in [2.24, 2.45) is 5.92 Å². The summed E-state index contributed by atoms with van der Waals surface area (Å²) in [7, 11) is -4.22. The van der Waals surface area contributed by atoms with Crippen molar-refractivity contribution >= 4 is 27.5 Å². The van der Waals surface area contributed by atoms with E-state index in [2.05, 4.69) is 5.32 Å². The van der Waals surface area contributed by atoms with Gasteiger partial charge >= 0.3 is 0 Å². The standard InChI is InChI=1S/C36H40FN3O5S/c1-4-45-32-21-19-31(20-22-32)40(46(43,44)33-13-9-6-10-14-33)26-35(41)39(25-29-15-17-30(37)18-16-29)34(36(42)38-24-27(2)3)23-28-11-7-5-8-12-28/h5-22,27,34H,4,23-26H2,1-3H3,(H,38,42). The van der Waals surface area contributed by atoms with E-state index >= 15 is 0 Å². The Morgan fingerprint density at radius 1 is 0.826 bits per heavy atom. The Morgan fingerprint density at radius 2 is 1.43 bits per heavy atom. The number of hydrogen-bond donors (Lipinski definition) is 1. The van der Waals surface area contributed by atoms with Crippen LogP contribution in [-0.2, 0) is 32.6 Å². The predicted molar refractivity (Wildman–Crippen MR) is 177 cm³/mol. The summed E-state index contributed by atoms with van der Waals surface area (Å²) in [4.78, 5) is 29.7. The Hall–Kier alpha value is -4.70. The number of rotatable bonds is 15. The lowest BCUT2D eigenvalue weighted by molar-refractivity contribution is -0.140. The lowest BCUT2D eigenvalue weighted by atomic mass is 10.0. The first-order chi connectivity index (χ1) is 22.1. The highest BCUT2D eigenvalue weighted by atomic mass is 32.2. The van der Waals surface area contributed by atoms with Gasteiger partial charge in [0.15, 0.2) is 0 Å². The fraction of sp³-hybridized carbons (Fsp3) is 0.278. The fourth-order valence-corrected chi connectivity index (χ4v) is 6.32. The van der Waals surface area contributed by atoms with E-state index in [0.29, 0.717) is 24.5 Å². The molecule has 0 bridgehead atoms. The Labute approximate surface area is 270 Å². The molecule has 1 atom stereocenters. The molecule has 242 valence electrons. The minimum absolute atomic E-state index is 0.0114. The third-order valence-electron chi connectivity index (χ3n) is 7.27. The van der Waals surface area contributed by atoms with E-state index in [0.717, 1.165) is 9.87 Å². The van der Waals surface area contributed by atoms with Gasteiger partial charge in [0.05, 0.1) is 17.2 Å². The third-order valence-corrected chi connectivity index (χ3v) is 9.06. The fourth-order valence-electron chi connectivity index (χ4n) is 4.89. The van der Waals surface area contributed by atoms with Crippen molar-refractivity contribution in [1.82, 2.24) is 10.2 Å². The Balaban J connectivity index is 1.78. The predicted octanol–water partition coefficient (Wildman–Crippen LogP) is 5.83. The Morgan fingerprint density at radius 3 is 2.02 bits per heavy atom. The van der Waals surface area contributed by atoms with E-state index in [9.17, 15) is 22.4 Å². The highest BCUT2D eigenvalue weighted by molar-refractivity contribution is 7.92. The summed E-state index contributed by atoms with van der Waals surface area (Å²) in [6.45, 7) is 5.97. The van der Waals surface area contributed by atoms with Crippen LogP contribution in [0, 0.1) is 11.7 Å². The third kappa shape index (κ3) is 9.17. The summed E-state index contributed by atoms with van der Waals surface area (Å²) in [5.41, 5.74) is 1.67. The number of carbonyl (C=O) groups is 2. The largest absolute Gasteiger partial charge is 0.494 e. The van der Waals surface area contributed by atoms with Gasteiger partial charge in [-0.25, -0.2) is 12.8 Å². The minimum atomic E-state index is -4.22. The van der Waals surface area contributed by atoms with Gasteiger partial charge in [-0.05, 0) is 72.5 Å². The molecule has 1 unspecified atom stereocenters. The number of ether oxygens (including phenoxy) is 1. The molecule has 0 saturated carbocycles. The first kappa shape index (κ1) is 34.2. The number of nitrogens with one attached hydrogen (secondary N) is 1. The number of hydrogen-bond acceptors (Lipinski definition) is 5. The number of amides is 2. The van der Waals surface area contributed by atoms with Crippen molar-refractivity contribution in [3.05, 3.63) is 126 Å². The minimum Gasteiger partial charge on any atom is -0.494 e. The molecule has 46 heavy (non-hydrogen) atoms. The smallest absolute Gasteiger partial charge is 0.264 e. The average molecular weight is 646 g/mol. The molecule has 0 aliphatic rings. The molecule has 0 heterocycles. The van der Waals surface area contributed by atoms with Gasteiger partial charge in [0.1, 0.15) is 24.2 Å². The number of anilines is 1. The summed E-state index contributed by atoms with van der Waals surface area (Å²) in [5.74, 6) is -0.691. The maximum absolute atomic E-state index is 14.5. The SMILES string of the molecule is CCOc1ccc(N(CC(=O)N(Cc2ccc(F)cc2)C(Cc2ccccc2)C(=O)NCC(C)C)S(=O)(=O)c2ccccc2)cc1. The summed E-state index contributed by atoms with van der Waals surface area (Å²) in [6, 6.07) is 28.3. The van der Waals surface area contributed by atoms with Crippen LogP contribution in [0.2, 0.25) is 0 Å². The number of carbonyl (C=O) groups excluding carboxylic acids is 2. The molecule has 10 heteroatoms. The van der Waals surface area contributed by atoms with Gasteiger partial charge < -0.3 is 15.0 Å². The molecular formula is C36H40FN3O5S. The van der Waals surface area contributed by atoms with Crippen molar-refractivity contribution in [1.29, 1.82) is 0 Å².